The summed E-state index contributed by atoms with van der Waals surface area (Å²) in [6.45, 7) is 4.16. The van der Waals surface area contributed by atoms with Gasteiger partial charge in [-0.25, -0.2) is 8.78 Å². The van der Waals surface area contributed by atoms with Gasteiger partial charge in [-0.2, -0.15) is 0 Å². The van der Waals surface area contributed by atoms with Crippen molar-refractivity contribution in [1.29, 1.82) is 0 Å². The minimum absolute atomic E-state index is 0.0185. The van der Waals surface area contributed by atoms with Crippen molar-refractivity contribution in [3.05, 3.63) is 53.2 Å². The summed E-state index contributed by atoms with van der Waals surface area (Å²) in [4.78, 5) is 25.2. The number of carbonyl (C=O) groups is 2. The average molecular weight is 495 g/mol. The largest absolute Gasteiger partial charge is 0.393 e. The monoisotopic (exact) mass is 494 g/mol. The molecule has 0 saturated heterocycles. The molecule has 1 saturated carbocycles. The second-order valence-corrected chi connectivity index (χ2v) is 10.5. The maximum Gasteiger partial charge on any atom is 0.231 e. The zero-order valence-corrected chi connectivity index (χ0v) is 20.7. The molecular formula is C29H32F2N2O3. The topological polar surface area (TPSA) is 71.3 Å². The first-order valence-electron chi connectivity index (χ1n) is 12.9. The summed E-state index contributed by atoms with van der Waals surface area (Å²) in [6.07, 6.45) is 5.58. The van der Waals surface area contributed by atoms with Crippen molar-refractivity contribution in [2.24, 2.45) is 5.41 Å². The minimum Gasteiger partial charge on any atom is -0.393 e. The summed E-state index contributed by atoms with van der Waals surface area (Å²) >= 11 is 0. The molecule has 2 aromatic carbocycles. The molecule has 5 nitrogen and oxygen atoms in total. The number of aliphatic hydroxyl groups excluding tert-OH is 1. The molecule has 0 unspecified atom stereocenters. The summed E-state index contributed by atoms with van der Waals surface area (Å²) in [5.41, 5.74) is 2.67. The van der Waals surface area contributed by atoms with Gasteiger partial charge in [-0.1, -0.05) is 13.8 Å². The smallest absolute Gasteiger partial charge is 0.231 e. The first-order chi connectivity index (χ1) is 17.3. The van der Waals surface area contributed by atoms with Crippen molar-refractivity contribution >= 4 is 28.8 Å². The number of aliphatic hydroxyl groups is 1. The van der Waals surface area contributed by atoms with E-state index in [0.29, 0.717) is 59.7 Å². The van der Waals surface area contributed by atoms with Gasteiger partial charge in [0.05, 0.1) is 17.2 Å². The fourth-order valence-corrected chi connectivity index (χ4v) is 6.10. The number of hydrogen-bond donors (Lipinski definition) is 2. The molecule has 0 atom stereocenters. The Bertz CT molecular complexity index is 1330. The molecule has 0 bridgehead atoms. The lowest BCUT2D eigenvalue weighted by Crippen LogP contribution is -2.35. The molecule has 5 rings (SSSR count). The van der Waals surface area contributed by atoms with Gasteiger partial charge in [-0.05, 0) is 86.3 Å². The minimum atomic E-state index is -0.643. The number of nitrogens with zero attached hydrogens (tertiary/aromatic N) is 1. The Hall–Kier alpha value is -3.06. The van der Waals surface area contributed by atoms with Gasteiger partial charge in [-0.15, -0.1) is 0 Å². The summed E-state index contributed by atoms with van der Waals surface area (Å²) in [6, 6.07) is 7.52. The Balaban J connectivity index is 1.70. The molecule has 0 radical (unpaired) electrons. The standard InChI is InChI=1S/C29H32F2N2O3/c1-3-29(4-2)14-26-28(21-10-5-18(30)13-25(21)33(26)27(36)15-29)17-11-23(31)22(16-34)24(12-17)32-19-6-8-20(35)9-7-19/h5,10-13,16,19-20,32,35H,3-4,6-9,14-15H2,1-2H3. The number of anilines is 1. The van der Waals surface area contributed by atoms with Crippen LogP contribution in [0.2, 0.25) is 0 Å². The number of nitrogens with one attached hydrogen (secondary N) is 1. The van der Waals surface area contributed by atoms with Crippen LogP contribution in [0, 0.1) is 17.0 Å². The van der Waals surface area contributed by atoms with Crippen molar-refractivity contribution < 1.29 is 23.5 Å². The highest BCUT2D eigenvalue weighted by Gasteiger charge is 2.39. The fraction of sp³-hybridized carbons (Fsp3) is 0.448. The van der Waals surface area contributed by atoms with E-state index in [9.17, 15) is 19.1 Å². The van der Waals surface area contributed by atoms with Crippen molar-refractivity contribution in [2.75, 3.05) is 5.32 Å². The van der Waals surface area contributed by atoms with Crippen LogP contribution in [0.25, 0.3) is 22.0 Å². The Morgan fingerprint density at radius 3 is 2.47 bits per heavy atom. The zero-order chi connectivity index (χ0) is 25.6. The maximum absolute atomic E-state index is 15.3. The van der Waals surface area contributed by atoms with Gasteiger partial charge in [-0.3, -0.25) is 14.2 Å². The molecular weight excluding hydrogens is 462 g/mol. The number of halogens is 2. The Morgan fingerprint density at radius 1 is 1.08 bits per heavy atom. The van der Waals surface area contributed by atoms with E-state index < -0.39 is 11.6 Å². The van der Waals surface area contributed by atoms with Gasteiger partial charge in [0.25, 0.3) is 0 Å². The van der Waals surface area contributed by atoms with Crippen LogP contribution in [-0.4, -0.2) is 34.0 Å². The van der Waals surface area contributed by atoms with Gasteiger partial charge in [0.1, 0.15) is 11.6 Å². The molecule has 1 aliphatic heterocycles. The first-order valence-corrected chi connectivity index (χ1v) is 12.9. The van der Waals surface area contributed by atoms with Crippen LogP contribution in [0.1, 0.15) is 79.6 Å². The molecule has 1 aromatic heterocycles. The molecule has 2 heterocycles. The van der Waals surface area contributed by atoms with Crippen LogP contribution in [0.3, 0.4) is 0 Å². The molecule has 7 heteroatoms. The maximum atomic E-state index is 15.3. The van der Waals surface area contributed by atoms with Crippen molar-refractivity contribution in [3.63, 3.8) is 0 Å². The Morgan fingerprint density at radius 2 is 1.81 bits per heavy atom. The summed E-state index contributed by atoms with van der Waals surface area (Å²) in [5.74, 6) is -1.16. The average Bonchev–Trinajstić information content (AvgIpc) is 3.18. The predicted molar refractivity (Wildman–Crippen MR) is 137 cm³/mol. The van der Waals surface area contributed by atoms with Gasteiger partial charge in [0.2, 0.25) is 5.91 Å². The number of benzene rings is 2. The van der Waals surface area contributed by atoms with E-state index in [1.54, 1.807) is 16.7 Å². The summed E-state index contributed by atoms with van der Waals surface area (Å²) in [7, 11) is 0. The molecule has 36 heavy (non-hydrogen) atoms. The number of hydrogen-bond acceptors (Lipinski definition) is 4. The van der Waals surface area contributed by atoms with Crippen LogP contribution < -0.4 is 5.32 Å². The number of rotatable bonds is 6. The molecule has 3 aromatic rings. The number of aldehydes is 1. The third-order valence-electron chi connectivity index (χ3n) is 8.44. The molecule has 0 spiro atoms. The van der Waals surface area contributed by atoms with E-state index in [4.69, 9.17) is 0 Å². The van der Waals surface area contributed by atoms with Crippen molar-refractivity contribution in [3.8, 4) is 11.1 Å². The second-order valence-electron chi connectivity index (χ2n) is 10.5. The quantitative estimate of drug-likeness (QED) is 0.384. The first kappa shape index (κ1) is 24.6. The highest BCUT2D eigenvalue weighted by molar-refractivity contribution is 6.05. The molecule has 2 N–H and O–H groups in total. The van der Waals surface area contributed by atoms with Crippen molar-refractivity contribution in [2.45, 2.75) is 77.4 Å². The zero-order valence-electron chi connectivity index (χ0n) is 20.7. The number of aromatic nitrogens is 1. The predicted octanol–water partition coefficient (Wildman–Crippen LogP) is 6.51. The number of fused-ring (bicyclic) bond motifs is 3. The second kappa shape index (κ2) is 9.43. The summed E-state index contributed by atoms with van der Waals surface area (Å²) < 4.78 is 31.2. The lowest BCUT2D eigenvalue weighted by molar-refractivity contribution is 0.0769. The molecule has 190 valence electrons. The van der Waals surface area contributed by atoms with Crippen LogP contribution in [0.15, 0.2) is 30.3 Å². The van der Waals surface area contributed by atoms with E-state index in [1.165, 1.54) is 18.2 Å². The molecule has 0 amide bonds. The highest BCUT2D eigenvalue weighted by Crippen LogP contribution is 2.46. The van der Waals surface area contributed by atoms with E-state index in [-0.39, 0.29) is 29.0 Å². The third-order valence-corrected chi connectivity index (χ3v) is 8.44. The Kier molecular flexibility index (Phi) is 6.45. The SMILES string of the molecule is CCC1(CC)CC(=O)n2c(c(-c3cc(F)c(C=O)c(NC4CCC(O)CC4)c3)c3ccc(F)cc32)C1. The molecule has 1 fully saturated rings. The Labute approximate surface area is 209 Å². The van der Waals surface area contributed by atoms with E-state index >= 15 is 4.39 Å². The molecule has 1 aliphatic carbocycles. The van der Waals surface area contributed by atoms with Crippen molar-refractivity contribution in [1.82, 2.24) is 4.57 Å². The normalized spacial score (nSPS) is 21.4. The highest BCUT2D eigenvalue weighted by atomic mass is 19.1. The van der Waals surface area contributed by atoms with Crippen LogP contribution in [0.5, 0.6) is 0 Å². The molecule has 2 aliphatic rings. The van der Waals surface area contributed by atoms with Gasteiger partial charge in [0, 0.05) is 34.8 Å². The number of carbonyl (C=O) groups excluding carboxylic acids is 2. The fourth-order valence-electron chi connectivity index (χ4n) is 6.10. The third kappa shape index (κ3) is 4.13. The lowest BCUT2D eigenvalue weighted by atomic mass is 9.72. The summed E-state index contributed by atoms with van der Waals surface area (Å²) in [5, 5.41) is 13.9. The van der Waals surface area contributed by atoms with Gasteiger partial charge < -0.3 is 10.4 Å². The van der Waals surface area contributed by atoms with Crippen LogP contribution in [0.4, 0.5) is 14.5 Å². The van der Waals surface area contributed by atoms with E-state index in [0.717, 1.165) is 31.4 Å². The van der Waals surface area contributed by atoms with E-state index in [2.05, 4.69) is 19.2 Å². The van der Waals surface area contributed by atoms with Crippen LogP contribution in [-0.2, 0) is 6.42 Å². The lowest BCUT2D eigenvalue weighted by Gasteiger charge is -2.36. The van der Waals surface area contributed by atoms with Crippen LogP contribution >= 0.6 is 0 Å². The van der Waals surface area contributed by atoms with Gasteiger partial charge in [0.15, 0.2) is 6.29 Å². The van der Waals surface area contributed by atoms with Gasteiger partial charge >= 0.3 is 0 Å². The van der Waals surface area contributed by atoms with E-state index in [1.807, 2.05) is 0 Å².